The molecule has 0 aliphatic rings. The Hall–Kier alpha value is -1.74. The van der Waals surface area contributed by atoms with Crippen LogP contribution in [0.5, 0.6) is 5.75 Å². The Labute approximate surface area is 114 Å². The van der Waals surface area contributed by atoms with Gasteiger partial charge in [-0.15, -0.1) is 0 Å². The van der Waals surface area contributed by atoms with Gasteiger partial charge in [-0.2, -0.15) is 0 Å². The lowest BCUT2D eigenvalue weighted by molar-refractivity contribution is 0.266. The summed E-state index contributed by atoms with van der Waals surface area (Å²) >= 11 is 0. The molecular formula is C16H21NO2. The summed E-state index contributed by atoms with van der Waals surface area (Å²) in [5.74, 6) is 2.45. The summed E-state index contributed by atoms with van der Waals surface area (Å²) < 4.78 is 11.2. The van der Waals surface area contributed by atoms with Crippen LogP contribution in [0.15, 0.2) is 40.8 Å². The zero-order valence-corrected chi connectivity index (χ0v) is 11.4. The molecule has 19 heavy (non-hydrogen) atoms. The summed E-state index contributed by atoms with van der Waals surface area (Å²) in [7, 11) is 0. The van der Waals surface area contributed by atoms with E-state index in [1.54, 1.807) is 0 Å². The highest BCUT2D eigenvalue weighted by Gasteiger charge is 2.02. The molecule has 0 radical (unpaired) electrons. The van der Waals surface area contributed by atoms with Crippen LogP contribution in [-0.4, -0.2) is 0 Å². The van der Waals surface area contributed by atoms with Gasteiger partial charge in [-0.3, -0.25) is 0 Å². The Kier molecular flexibility index (Phi) is 5.04. The number of hydrogen-bond acceptors (Lipinski definition) is 3. The molecule has 1 aromatic heterocycles. The van der Waals surface area contributed by atoms with Crippen LogP contribution in [0.2, 0.25) is 0 Å². The number of aryl methyl sites for hydroxylation is 1. The van der Waals surface area contributed by atoms with Crippen LogP contribution in [-0.2, 0) is 19.6 Å². The smallest absolute Gasteiger partial charge is 0.146 e. The van der Waals surface area contributed by atoms with E-state index in [0.29, 0.717) is 13.2 Å². The first kappa shape index (κ1) is 13.7. The van der Waals surface area contributed by atoms with Crippen molar-refractivity contribution in [3.8, 4) is 5.75 Å². The quantitative estimate of drug-likeness (QED) is 0.825. The molecule has 0 fully saturated rings. The SMILES string of the molecule is CCCCc1ccc(OCc2ccc(CN)o2)cc1. The predicted octanol–water partition coefficient (Wildman–Crippen LogP) is 3.66. The monoisotopic (exact) mass is 259 g/mol. The summed E-state index contributed by atoms with van der Waals surface area (Å²) in [5.41, 5.74) is 6.85. The molecule has 0 atom stereocenters. The molecule has 2 aromatic rings. The van der Waals surface area contributed by atoms with E-state index in [2.05, 4.69) is 19.1 Å². The second-order valence-electron chi connectivity index (χ2n) is 4.61. The number of furan rings is 1. The first-order chi connectivity index (χ1) is 9.31. The van der Waals surface area contributed by atoms with E-state index >= 15 is 0 Å². The van der Waals surface area contributed by atoms with Crippen molar-refractivity contribution in [1.29, 1.82) is 0 Å². The number of benzene rings is 1. The van der Waals surface area contributed by atoms with Gasteiger partial charge < -0.3 is 14.9 Å². The highest BCUT2D eigenvalue weighted by atomic mass is 16.5. The van der Waals surface area contributed by atoms with E-state index < -0.39 is 0 Å². The number of ether oxygens (including phenoxy) is 1. The van der Waals surface area contributed by atoms with Crippen molar-refractivity contribution < 1.29 is 9.15 Å². The lowest BCUT2D eigenvalue weighted by atomic mass is 10.1. The summed E-state index contributed by atoms with van der Waals surface area (Å²) in [5, 5.41) is 0. The van der Waals surface area contributed by atoms with E-state index in [4.69, 9.17) is 14.9 Å². The molecule has 1 heterocycles. The second kappa shape index (κ2) is 7.00. The van der Waals surface area contributed by atoms with Crippen molar-refractivity contribution in [1.82, 2.24) is 0 Å². The zero-order chi connectivity index (χ0) is 13.5. The Morgan fingerprint density at radius 1 is 1.05 bits per heavy atom. The van der Waals surface area contributed by atoms with Crippen LogP contribution in [0.25, 0.3) is 0 Å². The van der Waals surface area contributed by atoms with Crippen molar-refractivity contribution in [2.24, 2.45) is 5.73 Å². The summed E-state index contributed by atoms with van der Waals surface area (Å²) in [6, 6.07) is 12.1. The van der Waals surface area contributed by atoms with Gasteiger partial charge in [0.1, 0.15) is 23.9 Å². The maximum Gasteiger partial charge on any atom is 0.146 e. The largest absolute Gasteiger partial charge is 0.486 e. The fourth-order valence-corrected chi connectivity index (χ4v) is 1.90. The lowest BCUT2D eigenvalue weighted by Gasteiger charge is -2.05. The number of hydrogen-bond donors (Lipinski definition) is 1. The van der Waals surface area contributed by atoms with Crippen molar-refractivity contribution in [3.63, 3.8) is 0 Å². The minimum Gasteiger partial charge on any atom is -0.486 e. The highest BCUT2D eigenvalue weighted by Crippen LogP contribution is 2.16. The number of nitrogens with two attached hydrogens (primary N) is 1. The third-order valence-electron chi connectivity index (χ3n) is 3.04. The molecule has 0 saturated carbocycles. The molecule has 0 aliphatic carbocycles. The van der Waals surface area contributed by atoms with E-state index in [1.807, 2.05) is 24.3 Å². The van der Waals surface area contributed by atoms with E-state index in [0.717, 1.165) is 23.7 Å². The first-order valence-electron chi connectivity index (χ1n) is 6.81. The van der Waals surface area contributed by atoms with Crippen molar-refractivity contribution in [3.05, 3.63) is 53.5 Å². The minimum atomic E-state index is 0.423. The molecule has 102 valence electrons. The van der Waals surface area contributed by atoms with Gasteiger partial charge in [-0.1, -0.05) is 25.5 Å². The maximum absolute atomic E-state index is 5.67. The van der Waals surface area contributed by atoms with Gasteiger partial charge >= 0.3 is 0 Å². The van der Waals surface area contributed by atoms with Gasteiger partial charge in [0.25, 0.3) is 0 Å². The summed E-state index contributed by atoms with van der Waals surface area (Å²) in [6.45, 7) is 3.07. The molecule has 3 heteroatoms. The van der Waals surface area contributed by atoms with Gasteiger partial charge in [0.15, 0.2) is 0 Å². The average molecular weight is 259 g/mol. The normalized spacial score (nSPS) is 10.6. The van der Waals surface area contributed by atoms with Crippen molar-refractivity contribution in [2.45, 2.75) is 39.3 Å². The predicted molar refractivity (Wildman–Crippen MR) is 76.0 cm³/mol. The van der Waals surface area contributed by atoms with Crippen LogP contribution in [0.1, 0.15) is 36.8 Å². The highest BCUT2D eigenvalue weighted by molar-refractivity contribution is 5.27. The topological polar surface area (TPSA) is 48.4 Å². The third kappa shape index (κ3) is 4.14. The molecule has 1 aromatic carbocycles. The van der Waals surface area contributed by atoms with Gasteiger partial charge in [0, 0.05) is 0 Å². The average Bonchev–Trinajstić information content (AvgIpc) is 2.92. The molecule has 0 saturated heterocycles. The second-order valence-corrected chi connectivity index (χ2v) is 4.61. The Morgan fingerprint density at radius 3 is 2.42 bits per heavy atom. The number of unbranched alkanes of at least 4 members (excludes halogenated alkanes) is 1. The van der Waals surface area contributed by atoms with E-state index in [9.17, 15) is 0 Å². The molecule has 2 rings (SSSR count). The molecule has 0 bridgehead atoms. The van der Waals surface area contributed by atoms with Crippen LogP contribution >= 0.6 is 0 Å². The summed E-state index contributed by atoms with van der Waals surface area (Å²) in [4.78, 5) is 0. The van der Waals surface area contributed by atoms with Gasteiger partial charge in [0.05, 0.1) is 6.54 Å². The Balaban J connectivity index is 1.85. The van der Waals surface area contributed by atoms with Crippen molar-refractivity contribution in [2.75, 3.05) is 0 Å². The summed E-state index contributed by atoms with van der Waals surface area (Å²) in [6.07, 6.45) is 3.59. The first-order valence-corrected chi connectivity index (χ1v) is 6.81. The molecule has 3 nitrogen and oxygen atoms in total. The Morgan fingerprint density at radius 2 is 1.79 bits per heavy atom. The third-order valence-corrected chi connectivity index (χ3v) is 3.04. The van der Waals surface area contributed by atoms with Gasteiger partial charge in [-0.05, 0) is 42.7 Å². The van der Waals surface area contributed by atoms with E-state index in [1.165, 1.54) is 18.4 Å². The fourth-order valence-electron chi connectivity index (χ4n) is 1.90. The number of rotatable bonds is 7. The van der Waals surface area contributed by atoms with Crippen LogP contribution in [0.3, 0.4) is 0 Å². The molecule has 0 aliphatic heterocycles. The Bertz CT molecular complexity index is 488. The molecule has 0 unspecified atom stereocenters. The van der Waals surface area contributed by atoms with Crippen LogP contribution in [0.4, 0.5) is 0 Å². The standard InChI is InChI=1S/C16H21NO2/c1-2-3-4-13-5-7-14(8-6-13)18-12-16-10-9-15(11-17)19-16/h5-10H,2-4,11-12,17H2,1H3. The van der Waals surface area contributed by atoms with E-state index in [-0.39, 0.29) is 0 Å². The molecule has 0 amide bonds. The fraction of sp³-hybridized carbons (Fsp3) is 0.375. The maximum atomic E-state index is 5.67. The molecular weight excluding hydrogens is 238 g/mol. The van der Waals surface area contributed by atoms with Crippen LogP contribution < -0.4 is 10.5 Å². The lowest BCUT2D eigenvalue weighted by Crippen LogP contribution is -1.95. The molecule has 2 N–H and O–H groups in total. The van der Waals surface area contributed by atoms with Crippen LogP contribution in [0, 0.1) is 0 Å². The minimum absolute atomic E-state index is 0.423. The zero-order valence-electron chi connectivity index (χ0n) is 11.4. The van der Waals surface area contributed by atoms with Gasteiger partial charge in [-0.25, -0.2) is 0 Å². The van der Waals surface area contributed by atoms with Gasteiger partial charge in [0.2, 0.25) is 0 Å². The van der Waals surface area contributed by atoms with Crippen molar-refractivity contribution >= 4 is 0 Å². The molecule has 0 spiro atoms.